The van der Waals surface area contributed by atoms with Gasteiger partial charge in [0.1, 0.15) is 12.1 Å². The van der Waals surface area contributed by atoms with E-state index >= 15 is 0 Å². The van der Waals surface area contributed by atoms with Crippen molar-refractivity contribution in [2.45, 2.75) is 69.5 Å². The third-order valence-electron chi connectivity index (χ3n) is 7.85. The monoisotopic (exact) mass is 563 g/mol. The first-order valence-electron chi connectivity index (χ1n) is 13.8. The van der Waals surface area contributed by atoms with Crippen LogP contribution >= 0.6 is 0 Å². The molecule has 5 unspecified atom stereocenters. The fourth-order valence-electron chi connectivity index (χ4n) is 5.81. The van der Waals surface area contributed by atoms with E-state index in [9.17, 15) is 29.1 Å². The van der Waals surface area contributed by atoms with E-state index in [-0.39, 0.29) is 43.1 Å². The highest BCUT2D eigenvalue weighted by atomic mass is 16.6. The molecule has 41 heavy (non-hydrogen) atoms. The maximum atomic E-state index is 13.6. The average molecular weight is 564 g/mol. The molecular formula is C29H33N5O7. The maximum Gasteiger partial charge on any atom is 0.310 e. The highest BCUT2D eigenvalue weighted by molar-refractivity contribution is 5.96. The normalized spacial score (nSPS) is 26.7. The topological polar surface area (TPSA) is 158 Å². The number of hydrogen-bond acceptors (Lipinski definition) is 8. The van der Waals surface area contributed by atoms with Crippen LogP contribution in [0, 0.1) is 0 Å². The zero-order chi connectivity index (χ0) is 29.1. The number of rotatable bonds is 5. The molecule has 12 heteroatoms. The number of amides is 4. The molecule has 0 bridgehead atoms. The van der Waals surface area contributed by atoms with Crippen molar-refractivity contribution in [3.8, 4) is 0 Å². The lowest BCUT2D eigenvalue weighted by Crippen LogP contribution is -2.67. The summed E-state index contributed by atoms with van der Waals surface area (Å²) in [6, 6.07) is 6.85. The number of nitrogens with one attached hydrogen (secondary N) is 2. The Kier molecular flexibility index (Phi) is 8.29. The van der Waals surface area contributed by atoms with Gasteiger partial charge in [-0.05, 0) is 36.8 Å². The van der Waals surface area contributed by atoms with Gasteiger partial charge in [0, 0.05) is 43.6 Å². The Balaban J connectivity index is 1.28. The summed E-state index contributed by atoms with van der Waals surface area (Å²) in [5, 5.41) is 17.4. The molecule has 3 aliphatic rings. The number of esters is 1. The van der Waals surface area contributed by atoms with Gasteiger partial charge in [-0.2, -0.15) is 0 Å². The predicted octanol–water partition coefficient (Wildman–Crippen LogP) is 0.485. The number of ether oxygens (including phenoxy) is 1. The quantitative estimate of drug-likeness (QED) is 0.350. The molecule has 5 atom stereocenters. The lowest BCUT2D eigenvalue weighted by Gasteiger charge is -2.47. The number of pyridine rings is 1. The first kappa shape index (κ1) is 28.2. The first-order chi connectivity index (χ1) is 19.7. The number of fused-ring (bicyclic) bond motifs is 2. The number of nitrogens with zero attached hydrogens (tertiary/aromatic N) is 3. The summed E-state index contributed by atoms with van der Waals surface area (Å²) >= 11 is 0. The van der Waals surface area contributed by atoms with Crippen LogP contribution in [-0.2, 0) is 28.7 Å². The molecule has 3 saturated heterocycles. The highest BCUT2D eigenvalue weighted by Gasteiger charge is 2.45. The summed E-state index contributed by atoms with van der Waals surface area (Å²) in [5.74, 6) is -2.11. The summed E-state index contributed by atoms with van der Waals surface area (Å²) in [5.41, 5.74) is 0.659. The van der Waals surface area contributed by atoms with Crippen molar-refractivity contribution in [1.82, 2.24) is 25.4 Å². The predicted molar refractivity (Wildman–Crippen MR) is 146 cm³/mol. The zero-order valence-corrected chi connectivity index (χ0v) is 22.7. The lowest BCUT2D eigenvalue weighted by atomic mass is 9.93. The molecule has 3 fully saturated rings. The highest BCUT2D eigenvalue weighted by Crippen LogP contribution is 2.26. The van der Waals surface area contributed by atoms with Crippen LogP contribution in [0.5, 0.6) is 0 Å². The number of aliphatic hydroxyl groups excluding tert-OH is 1. The second-order valence-electron chi connectivity index (χ2n) is 10.7. The smallest absolute Gasteiger partial charge is 0.310 e. The van der Waals surface area contributed by atoms with Crippen LogP contribution in [0.2, 0.25) is 0 Å². The van der Waals surface area contributed by atoms with Gasteiger partial charge in [-0.25, -0.2) is 0 Å². The van der Waals surface area contributed by atoms with Gasteiger partial charge < -0.3 is 30.3 Å². The van der Waals surface area contributed by atoms with Crippen molar-refractivity contribution in [1.29, 1.82) is 0 Å². The van der Waals surface area contributed by atoms with Crippen LogP contribution in [0.4, 0.5) is 0 Å². The number of cyclic esters (lactones) is 1. The van der Waals surface area contributed by atoms with Crippen molar-refractivity contribution in [3.05, 3.63) is 48.3 Å². The van der Waals surface area contributed by atoms with Crippen LogP contribution in [0.25, 0.3) is 16.8 Å². The van der Waals surface area contributed by atoms with E-state index in [1.165, 1.54) is 17.9 Å². The van der Waals surface area contributed by atoms with E-state index < -0.39 is 36.3 Å². The zero-order valence-electron chi connectivity index (χ0n) is 22.7. The number of benzene rings is 1. The second kappa shape index (κ2) is 12.0. The second-order valence-corrected chi connectivity index (χ2v) is 10.7. The molecular weight excluding hydrogens is 530 g/mol. The molecule has 0 radical (unpaired) electrons. The largest absolute Gasteiger partial charge is 0.434 e. The Morgan fingerprint density at radius 3 is 2.63 bits per heavy atom. The lowest BCUT2D eigenvalue weighted by molar-refractivity contribution is -0.157. The van der Waals surface area contributed by atoms with E-state index in [1.807, 2.05) is 30.3 Å². The standard InChI is InChI=1S/C29H33N5O7/c1-17(35)33-15-20-7-4-6-19(31-25(36)10-9-22-21-8-3-2-5-18(21)11-12-30-22)13-26(37)34(20)24(16-33)28(39)32-23-14-27(38)41-29(23)40/h2-3,5,8-12,19-20,23-24,29,40H,4,6-7,13-16H2,1H3,(H,31,36)(H,32,39). The number of carbonyl (C=O) groups excluding carboxylic acids is 5. The first-order valence-corrected chi connectivity index (χ1v) is 13.8. The summed E-state index contributed by atoms with van der Waals surface area (Å²) in [6.07, 6.45) is 4.81. The molecule has 5 rings (SSSR count). The van der Waals surface area contributed by atoms with Gasteiger partial charge >= 0.3 is 5.97 Å². The van der Waals surface area contributed by atoms with Gasteiger partial charge in [-0.1, -0.05) is 24.3 Å². The minimum Gasteiger partial charge on any atom is -0.434 e. The molecule has 0 aliphatic carbocycles. The van der Waals surface area contributed by atoms with Crippen LogP contribution < -0.4 is 10.6 Å². The number of aromatic nitrogens is 1. The Morgan fingerprint density at radius 2 is 1.88 bits per heavy atom. The minimum atomic E-state index is -1.48. The SMILES string of the molecule is CC(=O)N1CC2CCCC(NC(=O)C=Cc3nccc4ccccc34)CC(=O)N2C(C(=O)NC2CC(=O)OC2O)C1. The molecule has 2 aromatic rings. The number of hydrogen-bond donors (Lipinski definition) is 3. The Morgan fingerprint density at radius 1 is 1.07 bits per heavy atom. The molecule has 0 saturated carbocycles. The molecule has 216 valence electrons. The fraction of sp³-hybridized carbons (Fsp3) is 0.448. The molecule has 4 heterocycles. The van der Waals surface area contributed by atoms with Crippen molar-refractivity contribution >= 4 is 46.4 Å². The summed E-state index contributed by atoms with van der Waals surface area (Å²) < 4.78 is 4.71. The summed E-state index contributed by atoms with van der Waals surface area (Å²) in [7, 11) is 0. The number of piperazine rings is 1. The third kappa shape index (κ3) is 6.37. The third-order valence-corrected chi connectivity index (χ3v) is 7.85. The minimum absolute atomic E-state index is 0.0138. The molecule has 4 amide bonds. The Labute approximate surface area is 236 Å². The number of carbonyl (C=O) groups is 5. The van der Waals surface area contributed by atoms with Crippen LogP contribution in [0.15, 0.2) is 42.6 Å². The summed E-state index contributed by atoms with van der Waals surface area (Å²) in [4.78, 5) is 71.0. The van der Waals surface area contributed by atoms with E-state index in [0.717, 1.165) is 10.8 Å². The molecule has 3 aliphatic heterocycles. The van der Waals surface area contributed by atoms with E-state index in [2.05, 4.69) is 15.6 Å². The van der Waals surface area contributed by atoms with E-state index in [0.29, 0.717) is 31.5 Å². The number of aliphatic hydroxyl groups is 1. The Hall–Kier alpha value is -4.32. The molecule has 0 spiro atoms. The molecule has 1 aromatic heterocycles. The van der Waals surface area contributed by atoms with Gasteiger partial charge in [-0.3, -0.25) is 29.0 Å². The molecule has 12 nitrogen and oxygen atoms in total. The van der Waals surface area contributed by atoms with Crippen LogP contribution in [0.3, 0.4) is 0 Å². The van der Waals surface area contributed by atoms with E-state index in [4.69, 9.17) is 4.74 Å². The maximum absolute atomic E-state index is 13.6. The van der Waals surface area contributed by atoms with Crippen LogP contribution in [-0.4, -0.2) is 93.0 Å². The van der Waals surface area contributed by atoms with Gasteiger partial charge in [0.25, 0.3) is 0 Å². The van der Waals surface area contributed by atoms with Crippen molar-refractivity contribution in [2.24, 2.45) is 0 Å². The van der Waals surface area contributed by atoms with Crippen molar-refractivity contribution in [3.63, 3.8) is 0 Å². The van der Waals surface area contributed by atoms with Gasteiger partial charge in [0.15, 0.2) is 0 Å². The molecule has 1 aromatic carbocycles. The van der Waals surface area contributed by atoms with Gasteiger partial charge in [-0.15, -0.1) is 0 Å². The average Bonchev–Trinajstić information content (AvgIpc) is 3.25. The van der Waals surface area contributed by atoms with E-state index in [1.54, 1.807) is 17.2 Å². The van der Waals surface area contributed by atoms with Gasteiger partial charge in [0.2, 0.25) is 29.9 Å². The Bertz CT molecular complexity index is 1390. The van der Waals surface area contributed by atoms with Crippen LogP contribution in [0.1, 0.15) is 44.7 Å². The van der Waals surface area contributed by atoms with Crippen molar-refractivity contribution in [2.75, 3.05) is 13.1 Å². The van der Waals surface area contributed by atoms with Crippen molar-refractivity contribution < 1.29 is 33.8 Å². The fourth-order valence-corrected chi connectivity index (χ4v) is 5.81. The molecule has 3 N–H and O–H groups in total. The summed E-state index contributed by atoms with van der Waals surface area (Å²) in [6.45, 7) is 1.70. The van der Waals surface area contributed by atoms with Gasteiger partial charge in [0.05, 0.1) is 24.7 Å².